The normalized spacial score (nSPS) is 11.6. The summed E-state index contributed by atoms with van der Waals surface area (Å²) in [4.78, 5) is 16.8. The summed E-state index contributed by atoms with van der Waals surface area (Å²) in [5.41, 5.74) is 1.78. The summed E-state index contributed by atoms with van der Waals surface area (Å²) in [6.07, 6.45) is 0. The number of hydrogen-bond donors (Lipinski definition) is 1. The number of aromatic nitrogens is 1. The predicted octanol–water partition coefficient (Wildman–Crippen LogP) is 3.72. The molecule has 3 nitrogen and oxygen atoms in total. The van der Waals surface area contributed by atoms with Gasteiger partial charge in [-0.2, -0.15) is 0 Å². The molecule has 0 saturated carbocycles. The Balaban J connectivity index is 2.60. The Labute approximate surface area is 118 Å². The van der Waals surface area contributed by atoms with Crippen molar-refractivity contribution >= 4 is 28.4 Å². The number of benzene rings is 1. The van der Waals surface area contributed by atoms with Crippen molar-refractivity contribution in [1.29, 1.82) is 0 Å². The number of hydrogen-bond acceptors (Lipinski definition) is 2. The summed E-state index contributed by atoms with van der Waals surface area (Å²) in [5, 5.41) is 4.30. The zero-order valence-electron chi connectivity index (χ0n) is 11.5. The van der Waals surface area contributed by atoms with Crippen LogP contribution in [0.3, 0.4) is 0 Å². The minimum absolute atomic E-state index is 0.106. The van der Waals surface area contributed by atoms with Crippen molar-refractivity contribution in [1.82, 2.24) is 10.3 Å². The molecule has 0 spiro atoms. The van der Waals surface area contributed by atoms with E-state index in [-0.39, 0.29) is 11.4 Å². The number of amides is 1. The summed E-state index contributed by atoms with van der Waals surface area (Å²) in [6, 6.07) is 7.27. The van der Waals surface area contributed by atoms with Crippen molar-refractivity contribution in [3.05, 3.63) is 40.5 Å². The van der Waals surface area contributed by atoms with Gasteiger partial charge in [0, 0.05) is 16.6 Å². The first-order valence-corrected chi connectivity index (χ1v) is 6.54. The van der Waals surface area contributed by atoms with E-state index in [4.69, 9.17) is 11.6 Å². The van der Waals surface area contributed by atoms with Gasteiger partial charge >= 0.3 is 0 Å². The fraction of sp³-hybridized carbons (Fsp3) is 0.333. The lowest BCUT2D eigenvalue weighted by Gasteiger charge is -2.21. The van der Waals surface area contributed by atoms with Gasteiger partial charge in [-0.3, -0.25) is 9.78 Å². The molecule has 1 heterocycles. The first-order valence-electron chi connectivity index (χ1n) is 6.16. The maximum Gasteiger partial charge on any atom is 0.252 e. The maximum atomic E-state index is 12.4. The van der Waals surface area contributed by atoms with Crippen molar-refractivity contribution in [2.45, 2.75) is 33.2 Å². The first-order chi connectivity index (χ1) is 8.78. The Morgan fingerprint density at radius 2 is 2.00 bits per heavy atom. The highest BCUT2D eigenvalue weighted by Gasteiger charge is 2.18. The van der Waals surface area contributed by atoms with Crippen LogP contribution in [-0.2, 0) is 0 Å². The van der Waals surface area contributed by atoms with Crippen LogP contribution in [0.25, 0.3) is 10.9 Å². The Hall–Kier alpha value is -1.61. The number of aryl methyl sites for hydroxylation is 1. The Kier molecular flexibility index (Phi) is 3.50. The van der Waals surface area contributed by atoms with Gasteiger partial charge in [-0.15, -0.1) is 0 Å². The second-order valence-corrected chi connectivity index (χ2v) is 6.06. The average Bonchev–Trinajstić information content (AvgIpc) is 2.27. The third-order valence-corrected chi connectivity index (χ3v) is 2.96. The number of carbonyl (C=O) groups excluding carboxylic acids is 1. The number of nitrogens with zero attached hydrogens (tertiary/aromatic N) is 1. The van der Waals surface area contributed by atoms with Crippen LogP contribution in [-0.4, -0.2) is 16.4 Å². The molecule has 19 heavy (non-hydrogen) atoms. The Morgan fingerprint density at radius 3 is 2.63 bits per heavy atom. The monoisotopic (exact) mass is 276 g/mol. The first kappa shape index (κ1) is 13.8. The Morgan fingerprint density at radius 1 is 1.32 bits per heavy atom. The number of para-hydroxylation sites is 1. The van der Waals surface area contributed by atoms with Gasteiger partial charge in [0.25, 0.3) is 5.91 Å². The quantitative estimate of drug-likeness (QED) is 0.862. The van der Waals surface area contributed by atoms with Crippen molar-refractivity contribution in [2.24, 2.45) is 0 Å². The molecular formula is C15H17ClN2O. The topological polar surface area (TPSA) is 42.0 Å². The van der Waals surface area contributed by atoms with Gasteiger partial charge in [0.2, 0.25) is 0 Å². The molecule has 0 radical (unpaired) electrons. The smallest absolute Gasteiger partial charge is 0.252 e. The van der Waals surface area contributed by atoms with Gasteiger partial charge in [-0.25, -0.2) is 0 Å². The number of rotatable bonds is 1. The standard InChI is InChI=1S/C15H17ClN2O/c1-9-8-11(14(19)18-15(2,3)4)10-6-5-7-12(16)13(10)17-9/h5-8H,1-4H3,(H,18,19). The summed E-state index contributed by atoms with van der Waals surface area (Å²) in [6.45, 7) is 7.72. The maximum absolute atomic E-state index is 12.4. The lowest BCUT2D eigenvalue weighted by atomic mass is 10.0. The Bertz CT molecular complexity index is 644. The van der Waals surface area contributed by atoms with Crippen LogP contribution >= 0.6 is 11.6 Å². The number of nitrogens with one attached hydrogen (secondary N) is 1. The fourth-order valence-corrected chi connectivity index (χ4v) is 2.15. The minimum Gasteiger partial charge on any atom is -0.347 e. The van der Waals surface area contributed by atoms with E-state index < -0.39 is 0 Å². The second kappa shape index (κ2) is 4.82. The summed E-state index contributed by atoms with van der Waals surface area (Å²) in [5.74, 6) is -0.106. The number of halogens is 1. The zero-order chi connectivity index (χ0) is 14.2. The average molecular weight is 277 g/mol. The van der Waals surface area contributed by atoms with Crippen LogP contribution in [0.1, 0.15) is 36.8 Å². The number of pyridine rings is 1. The van der Waals surface area contributed by atoms with Crippen LogP contribution in [0.2, 0.25) is 5.02 Å². The van der Waals surface area contributed by atoms with Gasteiger partial charge in [-0.1, -0.05) is 23.7 Å². The molecule has 2 rings (SSSR count). The number of fused-ring (bicyclic) bond motifs is 1. The van der Waals surface area contributed by atoms with Crippen LogP contribution in [0.5, 0.6) is 0 Å². The van der Waals surface area contributed by atoms with Crippen LogP contribution in [0, 0.1) is 6.92 Å². The number of carbonyl (C=O) groups is 1. The van der Waals surface area contributed by atoms with E-state index in [0.29, 0.717) is 16.1 Å². The van der Waals surface area contributed by atoms with E-state index in [1.807, 2.05) is 39.8 Å². The molecule has 100 valence electrons. The molecule has 0 bridgehead atoms. The minimum atomic E-state index is -0.279. The third kappa shape index (κ3) is 3.04. The van der Waals surface area contributed by atoms with E-state index in [9.17, 15) is 4.79 Å². The molecule has 0 fully saturated rings. The van der Waals surface area contributed by atoms with E-state index in [1.54, 1.807) is 12.1 Å². The van der Waals surface area contributed by atoms with E-state index in [1.165, 1.54) is 0 Å². The molecular weight excluding hydrogens is 260 g/mol. The fourth-order valence-electron chi connectivity index (χ4n) is 1.94. The highest BCUT2D eigenvalue weighted by atomic mass is 35.5. The predicted molar refractivity (Wildman–Crippen MR) is 78.7 cm³/mol. The highest BCUT2D eigenvalue weighted by molar-refractivity contribution is 6.35. The second-order valence-electron chi connectivity index (χ2n) is 5.65. The SMILES string of the molecule is Cc1cc(C(=O)NC(C)(C)C)c2cccc(Cl)c2n1. The zero-order valence-corrected chi connectivity index (χ0v) is 12.3. The van der Waals surface area contributed by atoms with Crippen molar-refractivity contribution in [2.75, 3.05) is 0 Å². The molecule has 4 heteroatoms. The van der Waals surface area contributed by atoms with Crippen LogP contribution < -0.4 is 5.32 Å². The molecule has 0 aliphatic heterocycles. The summed E-state index contributed by atoms with van der Waals surface area (Å²) in [7, 11) is 0. The van der Waals surface area contributed by atoms with E-state index >= 15 is 0 Å². The van der Waals surface area contributed by atoms with Gasteiger partial charge in [-0.05, 0) is 39.8 Å². The van der Waals surface area contributed by atoms with Crippen molar-refractivity contribution in [3.8, 4) is 0 Å². The third-order valence-electron chi connectivity index (χ3n) is 2.65. The molecule has 1 aromatic heterocycles. The van der Waals surface area contributed by atoms with Crippen LogP contribution in [0.15, 0.2) is 24.3 Å². The van der Waals surface area contributed by atoms with E-state index in [2.05, 4.69) is 10.3 Å². The molecule has 0 saturated heterocycles. The summed E-state index contributed by atoms with van der Waals surface area (Å²) < 4.78 is 0. The molecule has 0 aliphatic carbocycles. The molecule has 1 amide bonds. The van der Waals surface area contributed by atoms with Gasteiger partial charge < -0.3 is 5.32 Å². The van der Waals surface area contributed by atoms with Crippen molar-refractivity contribution < 1.29 is 4.79 Å². The van der Waals surface area contributed by atoms with Crippen molar-refractivity contribution in [3.63, 3.8) is 0 Å². The lowest BCUT2D eigenvalue weighted by molar-refractivity contribution is 0.0921. The van der Waals surface area contributed by atoms with Gasteiger partial charge in [0.15, 0.2) is 0 Å². The molecule has 2 aromatic rings. The molecule has 0 unspecified atom stereocenters. The summed E-state index contributed by atoms with van der Waals surface area (Å²) >= 11 is 6.14. The molecule has 0 atom stereocenters. The largest absolute Gasteiger partial charge is 0.347 e. The van der Waals surface area contributed by atoms with Crippen LogP contribution in [0.4, 0.5) is 0 Å². The highest BCUT2D eigenvalue weighted by Crippen LogP contribution is 2.25. The van der Waals surface area contributed by atoms with Gasteiger partial charge in [0.05, 0.1) is 16.1 Å². The molecule has 0 aliphatic rings. The molecule has 1 aromatic carbocycles. The van der Waals surface area contributed by atoms with E-state index in [0.717, 1.165) is 11.1 Å². The van der Waals surface area contributed by atoms with Gasteiger partial charge in [0.1, 0.15) is 0 Å². The molecule has 1 N–H and O–H groups in total. The lowest BCUT2D eigenvalue weighted by Crippen LogP contribution is -2.40.